The molecule has 0 saturated carbocycles. The van der Waals surface area contributed by atoms with E-state index in [0.29, 0.717) is 5.88 Å². The first-order valence-electron chi connectivity index (χ1n) is 6.03. The summed E-state index contributed by atoms with van der Waals surface area (Å²) in [6, 6.07) is 0.162. The van der Waals surface area contributed by atoms with Crippen LogP contribution in [-0.2, 0) is 4.79 Å². The van der Waals surface area contributed by atoms with Crippen molar-refractivity contribution in [1.82, 2.24) is 5.32 Å². The second-order valence-electron chi connectivity index (χ2n) is 4.11. The molecule has 0 fully saturated rings. The van der Waals surface area contributed by atoms with Crippen LogP contribution in [0.15, 0.2) is 0 Å². The highest BCUT2D eigenvalue weighted by molar-refractivity contribution is 6.18. The van der Waals surface area contributed by atoms with Gasteiger partial charge in [0.25, 0.3) is 0 Å². The number of hydrogen-bond donors (Lipinski definition) is 1. The van der Waals surface area contributed by atoms with Crippen LogP contribution in [0.5, 0.6) is 0 Å². The summed E-state index contributed by atoms with van der Waals surface area (Å²) in [4.78, 5) is 10.8. The zero-order valence-corrected chi connectivity index (χ0v) is 10.8. The molecule has 1 atom stereocenters. The summed E-state index contributed by atoms with van der Waals surface area (Å²) < 4.78 is 0. The van der Waals surface area contributed by atoms with Crippen molar-refractivity contribution in [3.8, 4) is 0 Å². The van der Waals surface area contributed by atoms with Crippen LogP contribution in [0.3, 0.4) is 0 Å². The summed E-state index contributed by atoms with van der Waals surface area (Å²) in [6.45, 7) is 3.76. The quantitative estimate of drug-likeness (QED) is 0.480. The second kappa shape index (κ2) is 10.3. The molecule has 0 heterocycles. The van der Waals surface area contributed by atoms with Crippen molar-refractivity contribution in [1.29, 1.82) is 0 Å². The monoisotopic (exact) mass is 233 g/mol. The Morgan fingerprint density at radius 3 is 2.33 bits per heavy atom. The summed E-state index contributed by atoms with van der Waals surface area (Å²) in [5.74, 6) is 0.542. The fraction of sp³-hybridized carbons (Fsp3) is 0.917. The van der Waals surface area contributed by atoms with Gasteiger partial charge in [-0.15, -0.1) is 11.6 Å². The Morgan fingerprint density at radius 2 is 1.80 bits per heavy atom. The molecule has 90 valence electrons. The third kappa shape index (κ3) is 10.1. The van der Waals surface area contributed by atoms with Crippen LogP contribution in [0, 0.1) is 0 Å². The SMILES string of the molecule is CCCCCCCC[C@H](CCl)NC(C)=O. The highest BCUT2D eigenvalue weighted by Crippen LogP contribution is 2.09. The van der Waals surface area contributed by atoms with Crippen LogP contribution in [-0.4, -0.2) is 17.8 Å². The van der Waals surface area contributed by atoms with E-state index in [-0.39, 0.29) is 11.9 Å². The van der Waals surface area contributed by atoms with E-state index in [0.717, 1.165) is 6.42 Å². The maximum atomic E-state index is 10.8. The highest BCUT2D eigenvalue weighted by Gasteiger charge is 2.07. The molecular formula is C12H24ClNO. The Labute approximate surface area is 98.8 Å². The molecule has 0 aliphatic rings. The van der Waals surface area contributed by atoms with Gasteiger partial charge < -0.3 is 5.32 Å². The van der Waals surface area contributed by atoms with E-state index in [1.807, 2.05) is 0 Å². The number of hydrogen-bond acceptors (Lipinski definition) is 1. The summed E-state index contributed by atoms with van der Waals surface area (Å²) >= 11 is 5.76. The van der Waals surface area contributed by atoms with Gasteiger partial charge in [-0.25, -0.2) is 0 Å². The summed E-state index contributed by atoms with van der Waals surface area (Å²) in [7, 11) is 0. The van der Waals surface area contributed by atoms with Crippen LogP contribution in [0.25, 0.3) is 0 Å². The molecule has 0 aliphatic carbocycles. The number of carbonyl (C=O) groups excluding carboxylic acids is 1. The highest BCUT2D eigenvalue weighted by atomic mass is 35.5. The first-order chi connectivity index (χ1) is 7.20. The van der Waals surface area contributed by atoms with Crippen LogP contribution in [0.4, 0.5) is 0 Å². The molecule has 0 spiro atoms. The van der Waals surface area contributed by atoms with Crippen molar-refractivity contribution in [3.05, 3.63) is 0 Å². The largest absolute Gasteiger partial charge is 0.352 e. The van der Waals surface area contributed by atoms with E-state index in [1.165, 1.54) is 38.5 Å². The van der Waals surface area contributed by atoms with Gasteiger partial charge in [-0.1, -0.05) is 45.4 Å². The van der Waals surface area contributed by atoms with E-state index >= 15 is 0 Å². The smallest absolute Gasteiger partial charge is 0.217 e. The standard InChI is InChI=1S/C12H24ClNO/c1-3-4-5-6-7-8-9-12(10-13)14-11(2)15/h12H,3-10H2,1-2H3,(H,14,15)/t12-/m1/s1. The minimum Gasteiger partial charge on any atom is -0.352 e. The Bertz CT molecular complexity index is 162. The lowest BCUT2D eigenvalue weighted by Crippen LogP contribution is -2.34. The van der Waals surface area contributed by atoms with E-state index in [2.05, 4.69) is 12.2 Å². The fourth-order valence-electron chi connectivity index (χ4n) is 1.65. The van der Waals surface area contributed by atoms with Gasteiger partial charge in [-0.2, -0.15) is 0 Å². The third-order valence-electron chi connectivity index (χ3n) is 2.50. The predicted molar refractivity (Wildman–Crippen MR) is 66.3 cm³/mol. The Morgan fingerprint density at radius 1 is 1.20 bits per heavy atom. The molecule has 0 radical (unpaired) electrons. The van der Waals surface area contributed by atoms with E-state index in [4.69, 9.17) is 11.6 Å². The van der Waals surface area contributed by atoms with Gasteiger partial charge in [0.2, 0.25) is 5.91 Å². The minimum absolute atomic E-state index is 0.0200. The zero-order valence-electron chi connectivity index (χ0n) is 10.0. The van der Waals surface area contributed by atoms with Crippen molar-refractivity contribution in [2.45, 2.75) is 64.8 Å². The average molecular weight is 234 g/mol. The molecule has 1 N–H and O–H groups in total. The number of amides is 1. The molecule has 2 nitrogen and oxygen atoms in total. The van der Waals surface area contributed by atoms with Gasteiger partial charge in [0.05, 0.1) is 0 Å². The van der Waals surface area contributed by atoms with Crippen LogP contribution in [0.1, 0.15) is 58.8 Å². The van der Waals surface area contributed by atoms with Crippen LogP contribution >= 0.6 is 11.6 Å². The molecule has 0 bridgehead atoms. The number of carbonyl (C=O) groups is 1. The first kappa shape index (κ1) is 14.8. The maximum absolute atomic E-state index is 10.8. The molecule has 0 aliphatic heterocycles. The number of halogens is 1. The van der Waals surface area contributed by atoms with Gasteiger partial charge in [-0.05, 0) is 6.42 Å². The van der Waals surface area contributed by atoms with E-state index in [9.17, 15) is 4.79 Å². The Kier molecular flexibility index (Phi) is 10.1. The lowest BCUT2D eigenvalue weighted by Gasteiger charge is -2.14. The van der Waals surface area contributed by atoms with Crippen molar-refractivity contribution >= 4 is 17.5 Å². The minimum atomic E-state index is 0.0200. The average Bonchev–Trinajstić information content (AvgIpc) is 2.20. The van der Waals surface area contributed by atoms with Gasteiger partial charge in [0.15, 0.2) is 0 Å². The molecule has 15 heavy (non-hydrogen) atoms. The number of rotatable bonds is 9. The molecule has 0 aromatic heterocycles. The molecule has 0 unspecified atom stereocenters. The van der Waals surface area contributed by atoms with Gasteiger partial charge in [0.1, 0.15) is 0 Å². The third-order valence-corrected chi connectivity index (χ3v) is 2.87. The zero-order chi connectivity index (χ0) is 11.5. The van der Waals surface area contributed by atoms with E-state index in [1.54, 1.807) is 6.92 Å². The van der Waals surface area contributed by atoms with Crippen molar-refractivity contribution in [2.75, 3.05) is 5.88 Å². The van der Waals surface area contributed by atoms with Crippen LogP contribution < -0.4 is 5.32 Å². The first-order valence-corrected chi connectivity index (χ1v) is 6.57. The molecule has 0 rings (SSSR count). The van der Waals surface area contributed by atoms with Gasteiger partial charge >= 0.3 is 0 Å². The predicted octanol–water partition coefficient (Wildman–Crippen LogP) is 3.48. The summed E-state index contributed by atoms with van der Waals surface area (Å²) in [6.07, 6.45) is 8.70. The lowest BCUT2D eigenvalue weighted by atomic mass is 10.1. The van der Waals surface area contributed by atoms with Crippen molar-refractivity contribution < 1.29 is 4.79 Å². The van der Waals surface area contributed by atoms with E-state index < -0.39 is 0 Å². The van der Waals surface area contributed by atoms with Gasteiger partial charge in [-0.3, -0.25) is 4.79 Å². The molecule has 0 aromatic rings. The molecule has 0 saturated heterocycles. The summed E-state index contributed by atoms with van der Waals surface area (Å²) in [5, 5.41) is 2.86. The van der Waals surface area contributed by atoms with Crippen molar-refractivity contribution in [2.24, 2.45) is 0 Å². The van der Waals surface area contributed by atoms with Crippen molar-refractivity contribution in [3.63, 3.8) is 0 Å². The number of nitrogens with one attached hydrogen (secondary N) is 1. The summed E-state index contributed by atoms with van der Waals surface area (Å²) in [5.41, 5.74) is 0. The van der Waals surface area contributed by atoms with Gasteiger partial charge in [0, 0.05) is 18.8 Å². The normalized spacial score (nSPS) is 12.5. The molecule has 3 heteroatoms. The maximum Gasteiger partial charge on any atom is 0.217 e. The molecular weight excluding hydrogens is 210 g/mol. The topological polar surface area (TPSA) is 29.1 Å². The fourth-order valence-corrected chi connectivity index (χ4v) is 1.88. The Hall–Kier alpha value is -0.240. The Balaban J connectivity index is 3.34. The molecule has 1 amide bonds. The van der Waals surface area contributed by atoms with Crippen LogP contribution in [0.2, 0.25) is 0 Å². The second-order valence-corrected chi connectivity index (χ2v) is 4.42. The molecule has 0 aromatic carbocycles. The number of alkyl halides is 1. The lowest BCUT2D eigenvalue weighted by molar-refractivity contribution is -0.119. The number of unbranched alkanes of at least 4 members (excludes halogenated alkanes) is 5.